The fraction of sp³-hybridized carbons (Fsp3) is 0.300. The van der Waals surface area contributed by atoms with E-state index >= 15 is 0 Å². The monoisotopic (exact) mass is 404 g/mol. The lowest BCUT2D eigenvalue weighted by molar-refractivity contribution is -0.129. The number of hydrogen-bond acceptors (Lipinski definition) is 5. The number of carbonyl (C=O) groups is 2. The van der Waals surface area contributed by atoms with Crippen molar-refractivity contribution >= 4 is 21.7 Å². The van der Waals surface area contributed by atoms with Crippen LogP contribution in [0.2, 0.25) is 0 Å². The molecule has 0 aliphatic carbocycles. The summed E-state index contributed by atoms with van der Waals surface area (Å²) < 4.78 is 29.8. The van der Waals surface area contributed by atoms with Crippen LogP contribution in [0.5, 0.6) is 5.75 Å². The maximum atomic E-state index is 12.2. The van der Waals surface area contributed by atoms with Crippen molar-refractivity contribution in [2.75, 3.05) is 12.4 Å². The number of aryl methyl sites for hydroxylation is 3. The van der Waals surface area contributed by atoms with Crippen LogP contribution in [0.25, 0.3) is 0 Å². The normalized spacial score (nSPS) is 11.0. The highest BCUT2D eigenvalue weighted by Gasteiger charge is 2.16. The molecule has 8 heteroatoms. The van der Waals surface area contributed by atoms with Gasteiger partial charge in [0.1, 0.15) is 5.75 Å². The standard InChI is InChI=1S/C20H24N2O5S/c1-14-4-8-18(9-5-14)28(25,26)11-10-19(23)21-22-20(24)13-27-17-7-6-15(2)16(3)12-17/h4-9,12H,10-11,13H2,1-3H3,(H,21,23)(H,22,24). The van der Waals surface area contributed by atoms with Crippen LogP contribution in [-0.2, 0) is 19.4 Å². The highest BCUT2D eigenvalue weighted by Crippen LogP contribution is 2.16. The molecule has 0 aliphatic rings. The van der Waals surface area contributed by atoms with Gasteiger partial charge in [-0.2, -0.15) is 0 Å². The zero-order valence-corrected chi connectivity index (χ0v) is 16.9. The van der Waals surface area contributed by atoms with Crippen LogP contribution >= 0.6 is 0 Å². The number of hydrazine groups is 1. The first-order chi connectivity index (χ1) is 13.2. The Bertz CT molecular complexity index is 953. The van der Waals surface area contributed by atoms with Gasteiger partial charge in [0.2, 0.25) is 5.91 Å². The summed E-state index contributed by atoms with van der Waals surface area (Å²) >= 11 is 0. The number of benzene rings is 2. The van der Waals surface area contributed by atoms with Gasteiger partial charge in [-0.1, -0.05) is 23.8 Å². The maximum absolute atomic E-state index is 12.2. The van der Waals surface area contributed by atoms with Gasteiger partial charge in [0, 0.05) is 6.42 Å². The number of hydrogen-bond donors (Lipinski definition) is 2. The number of rotatable bonds is 7. The minimum absolute atomic E-state index is 0.164. The zero-order chi connectivity index (χ0) is 20.7. The highest BCUT2D eigenvalue weighted by molar-refractivity contribution is 7.91. The maximum Gasteiger partial charge on any atom is 0.276 e. The Kier molecular flexibility index (Phi) is 7.17. The molecule has 2 amide bonds. The van der Waals surface area contributed by atoms with Crippen LogP contribution in [0.3, 0.4) is 0 Å². The molecule has 150 valence electrons. The highest BCUT2D eigenvalue weighted by atomic mass is 32.2. The minimum atomic E-state index is -3.56. The van der Waals surface area contributed by atoms with Gasteiger partial charge in [0.05, 0.1) is 10.6 Å². The third-order valence-corrected chi connectivity index (χ3v) is 5.90. The number of amides is 2. The van der Waals surface area contributed by atoms with Crippen molar-refractivity contribution in [2.24, 2.45) is 0 Å². The van der Waals surface area contributed by atoms with Crippen LogP contribution in [0.15, 0.2) is 47.4 Å². The van der Waals surface area contributed by atoms with Crippen LogP contribution in [0.1, 0.15) is 23.1 Å². The summed E-state index contributed by atoms with van der Waals surface area (Å²) in [5, 5.41) is 0. The predicted molar refractivity (Wildman–Crippen MR) is 106 cm³/mol. The van der Waals surface area contributed by atoms with E-state index in [0.29, 0.717) is 5.75 Å². The first-order valence-electron chi connectivity index (χ1n) is 8.74. The lowest BCUT2D eigenvalue weighted by Gasteiger charge is -2.10. The summed E-state index contributed by atoms with van der Waals surface area (Å²) in [6.45, 7) is 5.49. The molecule has 0 aliphatic heterocycles. The molecule has 0 atom stereocenters. The molecule has 0 heterocycles. The Labute approximate surface area is 165 Å². The predicted octanol–water partition coefficient (Wildman–Crippen LogP) is 2.00. The molecule has 0 saturated carbocycles. The van der Waals surface area contributed by atoms with E-state index in [1.54, 1.807) is 18.2 Å². The Hall–Kier alpha value is -2.87. The van der Waals surface area contributed by atoms with Crippen molar-refractivity contribution < 1.29 is 22.7 Å². The van der Waals surface area contributed by atoms with Crippen LogP contribution in [0.4, 0.5) is 0 Å². The second-order valence-corrected chi connectivity index (χ2v) is 8.62. The molecular formula is C20H24N2O5S. The fourth-order valence-electron chi connectivity index (χ4n) is 2.28. The quantitative estimate of drug-likeness (QED) is 0.688. The third kappa shape index (κ3) is 6.38. The Morgan fingerprint density at radius 1 is 0.893 bits per heavy atom. The van der Waals surface area contributed by atoms with Crippen LogP contribution in [0, 0.1) is 20.8 Å². The van der Waals surface area contributed by atoms with Gasteiger partial charge in [0.25, 0.3) is 5.91 Å². The molecular weight excluding hydrogens is 380 g/mol. The fourth-order valence-corrected chi connectivity index (χ4v) is 3.52. The molecule has 2 N–H and O–H groups in total. The first-order valence-corrected chi connectivity index (χ1v) is 10.4. The number of ether oxygens (including phenoxy) is 1. The molecule has 2 rings (SSSR count). The van der Waals surface area contributed by atoms with E-state index in [4.69, 9.17) is 4.74 Å². The lowest BCUT2D eigenvalue weighted by Crippen LogP contribution is -2.44. The molecule has 0 fully saturated rings. The van der Waals surface area contributed by atoms with E-state index in [0.717, 1.165) is 16.7 Å². The summed E-state index contributed by atoms with van der Waals surface area (Å²) in [4.78, 5) is 23.7. The minimum Gasteiger partial charge on any atom is -0.484 e. The van der Waals surface area contributed by atoms with Crippen LogP contribution < -0.4 is 15.6 Å². The van der Waals surface area contributed by atoms with Gasteiger partial charge in [-0.25, -0.2) is 8.42 Å². The Balaban J connectivity index is 1.74. The molecule has 0 aromatic heterocycles. The molecule has 0 spiro atoms. The smallest absolute Gasteiger partial charge is 0.276 e. The Morgan fingerprint density at radius 2 is 1.54 bits per heavy atom. The Morgan fingerprint density at radius 3 is 2.18 bits per heavy atom. The number of nitrogens with one attached hydrogen (secondary N) is 2. The van der Waals surface area contributed by atoms with Crippen molar-refractivity contribution in [2.45, 2.75) is 32.1 Å². The second kappa shape index (κ2) is 9.36. The van der Waals surface area contributed by atoms with E-state index in [-0.39, 0.29) is 23.7 Å². The molecule has 2 aromatic carbocycles. The van der Waals surface area contributed by atoms with Crippen LogP contribution in [-0.4, -0.2) is 32.6 Å². The summed E-state index contributed by atoms with van der Waals surface area (Å²) in [5.74, 6) is -0.950. The van der Waals surface area contributed by atoms with Gasteiger partial charge in [-0.3, -0.25) is 20.4 Å². The molecule has 28 heavy (non-hydrogen) atoms. The molecule has 0 bridgehead atoms. The average molecular weight is 404 g/mol. The largest absolute Gasteiger partial charge is 0.484 e. The van der Waals surface area contributed by atoms with Crippen molar-refractivity contribution in [1.29, 1.82) is 0 Å². The molecule has 0 radical (unpaired) electrons. The molecule has 0 saturated heterocycles. The van der Waals surface area contributed by atoms with Crippen molar-refractivity contribution in [3.05, 3.63) is 59.2 Å². The zero-order valence-electron chi connectivity index (χ0n) is 16.1. The number of carbonyl (C=O) groups excluding carboxylic acids is 2. The average Bonchev–Trinajstić information content (AvgIpc) is 2.66. The third-order valence-electron chi connectivity index (χ3n) is 4.17. The van der Waals surface area contributed by atoms with E-state index in [2.05, 4.69) is 10.9 Å². The summed E-state index contributed by atoms with van der Waals surface area (Å²) in [5.41, 5.74) is 7.50. The molecule has 2 aromatic rings. The SMILES string of the molecule is Cc1ccc(S(=O)(=O)CCC(=O)NNC(=O)COc2ccc(C)c(C)c2)cc1. The van der Waals surface area contributed by atoms with Gasteiger partial charge in [-0.15, -0.1) is 0 Å². The number of sulfone groups is 1. The van der Waals surface area contributed by atoms with E-state index in [9.17, 15) is 18.0 Å². The molecule has 7 nitrogen and oxygen atoms in total. The van der Waals surface area contributed by atoms with Gasteiger partial charge < -0.3 is 4.74 Å². The summed E-state index contributed by atoms with van der Waals surface area (Å²) in [7, 11) is -3.56. The summed E-state index contributed by atoms with van der Waals surface area (Å²) in [6, 6.07) is 11.9. The summed E-state index contributed by atoms with van der Waals surface area (Å²) in [6.07, 6.45) is -0.269. The lowest BCUT2D eigenvalue weighted by atomic mass is 10.1. The topological polar surface area (TPSA) is 102 Å². The van der Waals surface area contributed by atoms with E-state index < -0.39 is 21.7 Å². The van der Waals surface area contributed by atoms with Gasteiger partial charge >= 0.3 is 0 Å². The van der Waals surface area contributed by atoms with E-state index in [1.165, 1.54) is 12.1 Å². The second-order valence-electron chi connectivity index (χ2n) is 6.51. The molecule has 0 unspecified atom stereocenters. The van der Waals surface area contributed by atoms with Gasteiger partial charge in [-0.05, 0) is 56.2 Å². The van der Waals surface area contributed by atoms with E-state index in [1.807, 2.05) is 32.9 Å². The van der Waals surface area contributed by atoms with Gasteiger partial charge in [0.15, 0.2) is 16.4 Å². The van der Waals surface area contributed by atoms with Crippen molar-refractivity contribution in [3.63, 3.8) is 0 Å². The first kappa shape index (κ1) is 21.4. The van der Waals surface area contributed by atoms with Crippen molar-refractivity contribution in [1.82, 2.24) is 10.9 Å². The van der Waals surface area contributed by atoms with Crippen molar-refractivity contribution in [3.8, 4) is 5.75 Å².